The molecule has 2 aromatic rings. The van der Waals surface area contributed by atoms with E-state index in [-0.39, 0.29) is 18.8 Å². The molecule has 2 atom stereocenters. The number of ketones is 1. The molecule has 0 saturated heterocycles. The summed E-state index contributed by atoms with van der Waals surface area (Å²) in [5, 5.41) is 14.3. The van der Waals surface area contributed by atoms with E-state index in [2.05, 4.69) is 10.6 Å². The fourth-order valence-electron chi connectivity index (χ4n) is 2.49. The average molecular weight is 402 g/mol. The number of alkyl halides is 1. The van der Waals surface area contributed by atoms with Crippen molar-refractivity contribution >= 4 is 17.8 Å². The molecule has 29 heavy (non-hydrogen) atoms. The summed E-state index contributed by atoms with van der Waals surface area (Å²) in [5.74, 6) is -1.36. The number of halogens is 1. The largest absolute Gasteiger partial charge is 0.508 e. The highest BCUT2D eigenvalue weighted by molar-refractivity contribution is 5.92. The molecule has 0 aromatic heterocycles. The van der Waals surface area contributed by atoms with Crippen molar-refractivity contribution in [2.75, 3.05) is 6.67 Å². The van der Waals surface area contributed by atoms with Crippen LogP contribution in [0.25, 0.3) is 0 Å². The van der Waals surface area contributed by atoms with E-state index in [1.807, 2.05) is 6.07 Å². The van der Waals surface area contributed by atoms with Crippen molar-refractivity contribution in [1.82, 2.24) is 10.6 Å². The van der Waals surface area contributed by atoms with Crippen LogP contribution in [-0.4, -0.2) is 41.6 Å². The second-order valence-corrected chi connectivity index (χ2v) is 6.46. The van der Waals surface area contributed by atoms with Crippen LogP contribution in [0.5, 0.6) is 5.75 Å². The van der Waals surface area contributed by atoms with E-state index in [1.54, 1.807) is 36.4 Å². The van der Waals surface area contributed by atoms with Crippen molar-refractivity contribution in [3.05, 3.63) is 65.7 Å². The molecule has 0 heterocycles. The highest BCUT2D eigenvalue weighted by atomic mass is 19.1. The van der Waals surface area contributed by atoms with Crippen molar-refractivity contribution in [3.63, 3.8) is 0 Å². The van der Waals surface area contributed by atoms with E-state index < -0.39 is 36.5 Å². The molecule has 8 heteroatoms. The first kappa shape index (κ1) is 21.9. The molecule has 2 rings (SSSR count). The molecule has 0 saturated carbocycles. The summed E-state index contributed by atoms with van der Waals surface area (Å²) in [6.07, 6.45) is -0.722. The number of benzene rings is 2. The number of aromatic hydroxyl groups is 1. The molecule has 0 aliphatic rings. The predicted octanol–water partition coefficient (Wildman–Crippen LogP) is 2.27. The van der Waals surface area contributed by atoms with Gasteiger partial charge in [-0.3, -0.25) is 9.59 Å². The van der Waals surface area contributed by atoms with Crippen molar-refractivity contribution in [3.8, 4) is 5.75 Å². The Balaban J connectivity index is 2.04. The lowest BCUT2D eigenvalue weighted by Crippen LogP contribution is -2.52. The minimum Gasteiger partial charge on any atom is -0.508 e. The van der Waals surface area contributed by atoms with Crippen LogP contribution in [-0.2, 0) is 27.4 Å². The Bertz CT molecular complexity index is 827. The fourth-order valence-corrected chi connectivity index (χ4v) is 2.49. The van der Waals surface area contributed by atoms with E-state index in [0.29, 0.717) is 5.56 Å². The topological polar surface area (TPSA) is 105 Å². The van der Waals surface area contributed by atoms with E-state index in [9.17, 15) is 23.9 Å². The van der Waals surface area contributed by atoms with Crippen molar-refractivity contribution in [2.24, 2.45) is 0 Å². The van der Waals surface area contributed by atoms with Gasteiger partial charge in [-0.1, -0.05) is 42.5 Å². The van der Waals surface area contributed by atoms with Crippen molar-refractivity contribution in [2.45, 2.75) is 32.0 Å². The molecular formula is C21H23FN2O5. The van der Waals surface area contributed by atoms with Gasteiger partial charge >= 0.3 is 6.09 Å². The van der Waals surface area contributed by atoms with Crippen molar-refractivity contribution < 1.29 is 28.6 Å². The molecule has 0 aliphatic carbocycles. The molecule has 2 aromatic carbocycles. The van der Waals surface area contributed by atoms with Gasteiger partial charge in [-0.2, -0.15) is 0 Å². The quantitative estimate of drug-likeness (QED) is 0.597. The van der Waals surface area contributed by atoms with Gasteiger partial charge in [0.05, 0.1) is 6.04 Å². The van der Waals surface area contributed by atoms with Crippen LogP contribution in [0.3, 0.4) is 0 Å². The van der Waals surface area contributed by atoms with Crippen LogP contribution in [0.15, 0.2) is 54.6 Å². The van der Waals surface area contributed by atoms with Crippen LogP contribution in [0.1, 0.15) is 18.1 Å². The molecule has 0 aliphatic heterocycles. The summed E-state index contributed by atoms with van der Waals surface area (Å²) in [7, 11) is 0. The number of phenolic OH excluding ortho intramolecular Hbond substituents is 1. The smallest absolute Gasteiger partial charge is 0.408 e. The second-order valence-electron chi connectivity index (χ2n) is 6.46. The van der Waals surface area contributed by atoms with E-state index in [1.165, 1.54) is 19.1 Å². The summed E-state index contributed by atoms with van der Waals surface area (Å²) in [6, 6.07) is 13.0. The van der Waals surface area contributed by atoms with Gasteiger partial charge in [-0.15, -0.1) is 0 Å². The number of carbonyl (C=O) groups is 3. The summed E-state index contributed by atoms with van der Waals surface area (Å²) in [5.41, 5.74) is 1.44. The third-order valence-corrected chi connectivity index (χ3v) is 4.17. The van der Waals surface area contributed by atoms with Gasteiger partial charge in [0, 0.05) is 6.42 Å². The second kappa shape index (κ2) is 10.8. The standard InChI is InChI=1S/C21H23FN2O5/c1-14(19(26)12-22)23-20(27)18(11-15-7-9-17(25)10-8-15)24-21(28)29-13-16-5-3-2-4-6-16/h2-10,14,18,25H,11-13H2,1H3,(H,23,27)(H,24,28)/t14?,18-/m0/s1. The zero-order valence-corrected chi connectivity index (χ0v) is 15.9. The molecule has 0 radical (unpaired) electrons. The summed E-state index contributed by atoms with van der Waals surface area (Å²) >= 11 is 0. The Morgan fingerprint density at radius 3 is 2.28 bits per heavy atom. The highest BCUT2D eigenvalue weighted by Crippen LogP contribution is 2.12. The molecule has 154 valence electrons. The molecule has 0 bridgehead atoms. The number of amides is 2. The monoisotopic (exact) mass is 402 g/mol. The van der Waals surface area contributed by atoms with Crippen LogP contribution >= 0.6 is 0 Å². The molecular weight excluding hydrogens is 379 g/mol. The number of hydrogen-bond acceptors (Lipinski definition) is 5. The van der Waals surface area contributed by atoms with Gasteiger partial charge in [-0.25, -0.2) is 9.18 Å². The minimum absolute atomic E-state index is 0.0248. The van der Waals surface area contributed by atoms with Crippen molar-refractivity contribution in [1.29, 1.82) is 0 Å². The maximum atomic E-state index is 12.5. The Kier molecular flexibility index (Phi) is 8.14. The number of alkyl carbamates (subject to hydrolysis) is 1. The molecule has 3 N–H and O–H groups in total. The molecule has 7 nitrogen and oxygen atoms in total. The zero-order valence-electron chi connectivity index (χ0n) is 15.9. The Morgan fingerprint density at radius 2 is 1.66 bits per heavy atom. The normalized spacial score (nSPS) is 12.5. The number of nitrogens with one attached hydrogen (secondary N) is 2. The molecule has 0 fully saturated rings. The maximum absolute atomic E-state index is 12.5. The summed E-state index contributed by atoms with van der Waals surface area (Å²) in [6.45, 7) is 0.193. The van der Waals surface area contributed by atoms with Gasteiger partial charge < -0.3 is 20.5 Å². The first-order valence-electron chi connectivity index (χ1n) is 9.03. The average Bonchev–Trinajstić information content (AvgIpc) is 2.73. The Hall–Kier alpha value is -3.42. The number of hydrogen-bond donors (Lipinski definition) is 3. The van der Waals surface area contributed by atoms with Gasteiger partial charge in [0.2, 0.25) is 5.91 Å². The number of carbonyl (C=O) groups excluding carboxylic acids is 3. The fraction of sp³-hybridized carbons (Fsp3) is 0.286. The van der Waals surface area contributed by atoms with Gasteiger partial charge in [0.1, 0.15) is 25.1 Å². The predicted molar refractivity (Wildman–Crippen MR) is 104 cm³/mol. The summed E-state index contributed by atoms with van der Waals surface area (Å²) < 4.78 is 17.7. The van der Waals surface area contributed by atoms with E-state index >= 15 is 0 Å². The number of rotatable bonds is 9. The van der Waals surface area contributed by atoms with E-state index in [0.717, 1.165) is 5.56 Å². The molecule has 0 spiro atoms. The summed E-state index contributed by atoms with van der Waals surface area (Å²) in [4.78, 5) is 36.1. The molecule has 1 unspecified atom stereocenters. The zero-order chi connectivity index (χ0) is 21.2. The maximum Gasteiger partial charge on any atom is 0.408 e. The Labute approximate surface area is 167 Å². The Morgan fingerprint density at radius 1 is 1.00 bits per heavy atom. The lowest BCUT2D eigenvalue weighted by Gasteiger charge is -2.20. The highest BCUT2D eigenvalue weighted by Gasteiger charge is 2.25. The van der Waals surface area contributed by atoms with E-state index in [4.69, 9.17) is 4.74 Å². The third-order valence-electron chi connectivity index (χ3n) is 4.17. The van der Waals surface area contributed by atoms with Gasteiger partial charge in [-0.05, 0) is 30.2 Å². The van der Waals surface area contributed by atoms with Gasteiger partial charge in [0.25, 0.3) is 0 Å². The first-order chi connectivity index (χ1) is 13.9. The number of phenols is 1. The number of Topliss-reactive ketones (excluding diaryl/α,β-unsaturated/α-hetero) is 1. The minimum atomic E-state index is -1.20. The SMILES string of the molecule is CC(NC(=O)[C@H](Cc1ccc(O)cc1)NC(=O)OCc1ccccc1)C(=O)CF. The lowest BCUT2D eigenvalue weighted by molar-refractivity contribution is -0.128. The molecule has 2 amide bonds. The van der Waals surface area contributed by atoms with Crippen LogP contribution in [0.4, 0.5) is 9.18 Å². The number of ether oxygens (including phenoxy) is 1. The van der Waals surface area contributed by atoms with Gasteiger partial charge in [0.15, 0.2) is 5.78 Å². The van der Waals surface area contributed by atoms with Crippen LogP contribution in [0.2, 0.25) is 0 Å². The lowest BCUT2D eigenvalue weighted by atomic mass is 10.0. The third kappa shape index (κ3) is 7.25. The van der Waals surface area contributed by atoms with Crippen LogP contribution < -0.4 is 10.6 Å². The van der Waals surface area contributed by atoms with Crippen LogP contribution in [0, 0.1) is 0 Å². The first-order valence-corrected chi connectivity index (χ1v) is 9.03.